The number of non-ortho nitro benzene ring substituents is 1. The third-order valence-electron chi connectivity index (χ3n) is 5.75. The lowest BCUT2D eigenvalue weighted by Crippen LogP contribution is -2.29. The van der Waals surface area contributed by atoms with E-state index >= 15 is 0 Å². The van der Waals surface area contributed by atoms with Gasteiger partial charge in [-0.2, -0.15) is 0 Å². The first-order valence-electron chi connectivity index (χ1n) is 10.4. The maximum Gasteiger partial charge on any atom is 0.301 e. The summed E-state index contributed by atoms with van der Waals surface area (Å²) in [5, 5.41) is 31.1. The van der Waals surface area contributed by atoms with Crippen molar-refractivity contribution in [1.29, 1.82) is 0 Å². The number of hydrogen-bond donors (Lipinski definition) is 1. The molecule has 0 saturated carbocycles. The zero-order chi connectivity index (χ0) is 24.1. The van der Waals surface area contributed by atoms with Crippen molar-refractivity contribution in [3.63, 3.8) is 0 Å². The van der Waals surface area contributed by atoms with Crippen LogP contribution in [-0.4, -0.2) is 38.0 Å². The monoisotopic (exact) mass is 478 g/mol. The summed E-state index contributed by atoms with van der Waals surface area (Å²) in [6.45, 7) is 3.65. The molecule has 5 rings (SSSR count). The van der Waals surface area contributed by atoms with Gasteiger partial charge in [0, 0.05) is 24.1 Å². The van der Waals surface area contributed by atoms with Crippen molar-refractivity contribution in [2.24, 2.45) is 0 Å². The van der Waals surface area contributed by atoms with Crippen molar-refractivity contribution in [1.82, 2.24) is 10.2 Å². The Hall–Kier alpha value is -4.12. The summed E-state index contributed by atoms with van der Waals surface area (Å²) in [6.07, 6.45) is 0.652. The Balaban J connectivity index is 1.67. The van der Waals surface area contributed by atoms with E-state index in [9.17, 15) is 24.8 Å². The number of hydrogen-bond acceptors (Lipinski definition) is 9. The molecule has 0 unspecified atom stereocenters. The van der Waals surface area contributed by atoms with Crippen LogP contribution < -0.4 is 9.64 Å². The summed E-state index contributed by atoms with van der Waals surface area (Å²) in [6, 6.07) is 9.55. The van der Waals surface area contributed by atoms with Crippen LogP contribution in [0.2, 0.25) is 0 Å². The van der Waals surface area contributed by atoms with Crippen LogP contribution in [0.15, 0.2) is 48.0 Å². The number of aliphatic hydroxyl groups is 1. The third-order valence-corrected chi connectivity index (χ3v) is 6.59. The van der Waals surface area contributed by atoms with E-state index in [0.717, 1.165) is 16.9 Å². The van der Waals surface area contributed by atoms with Gasteiger partial charge in [-0.25, -0.2) is 0 Å². The largest absolute Gasteiger partial charge is 0.507 e. The van der Waals surface area contributed by atoms with Gasteiger partial charge in [0.25, 0.3) is 11.5 Å². The van der Waals surface area contributed by atoms with E-state index in [-0.39, 0.29) is 28.3 Å². The van der Waals surface area contributed by atoms with Gasteiger partial charge in [0.05, 0.1) is 16.5 Å². The van der Waals surface area contributed by atoms with Crippen LogP contribution in [0.3, 0.4) is 0 Å². The summed E-state index contributed by atoms with van der Waals surface area (Å²) < 4.78 is 5.71. The molecule has 2 aliphatic rings. The number of ether oxygens (including phenoxy) is 1. The lowest BCUT2D eigenvalue weighted by atomic mass is 9.94. The van der Waals surface area contributed by atoms with E-state index in [1.807, 2.05) is 6.92 Å². The van der Waals surface area contributed by atoms with Crippen LogP contribution in [-0.2, 0) is 16.0 Å². The summed E-state index contributed by atoms with van der Waals surface area (Å²) in [5.41, 5.74) is 1.41. The van der Waals surface area contributed by atoms with Gasteiger partial charge >= 0.3 is 5.91 Å². The van der Waals surface area contributed by atoms with Crippen LogP contribution in [0, 0.1) is 17.0 Å². The zero-order valence-electron chi connectivity index (χ0n) is 18.1. The molecule has 172 valence electrons. The van der Waals surface area contributed by atoms with Gasteiger partial charge in [-0.1, -0.05) is 11.3 Å². The number of rotatable bonds is 4. The summed E-state index contributed by atoms with van der Waals surface area (Å²) in [4.78, 5) is 38.0. The van der Waals surface area contributed by atoms with Crippen molar-refractivity contribution in [2.45, 2.75) is 32.4 Å². The van der Waals surface area contributed by atoms with Gasteiger partial charge in [-0.05, 0) is 55.3 Å². The van der Waals surface area contributed by atoms with Gasteiger partial charge in [-0.3, -0.25) is 24.6 Å². The Bertz CT molecular complexity index is 1380. The normalized spacial score (nSPS) is 20.9. The fourth-order valence-corrected chi connectivity index (χ4v) is 4.95. The van der Waals surface area contributed by atoms with Gasteiger partial charge in [-0.15, -0.1) is 10.2 Å². The van der Waals surface area contributed by atoms with Crippen molar-refractivity contribution in [3.05, 3.63) is 79.8 Å². The summed E-state index contributed by atoms with van der Waals surface area (Å²) >= 11 is 1.12. The molecule has 3 aromatic rings. The molecule has 11 heteroatoms. The van der Waals surface area contributed by atoms with Crippen LogP contribution in [0.5, 0.6) is 5.75 Å². The number of anilines is 1. The first-order chi connectivity index (χ1) is 16.2. The highest BCUT2D eigenvalue weighted by molar-refractivity contribution is 7.15. The molecule has 2 atom stereocenters. The van der Waals surface area contributed by atoms with Crippen molar-refractivity contribution in [2.75, 3.05) is 4.90 Å². The molecule has 1 amide bonds. The Kier molecular flexibility index (Phi) is 5.13. The minimum absolute atomic E-state index is 0.00118. The molecule has 0 aliphatic carbocycles. The summed E-state index contributed by atoms with van der Waals surface area (Å²) in [7, 11) is 0. The number of nitro benzene ring substituents is 1. The Labute approximate surface area is 197 Å². The molecule has 10 nitrogen and oxygen atoms in total. The van der Waals surface area contributed by atoms with E-state index in [1.165, 1.54) is 29.2 Å². The van der Waals surface area contributed by atoms with Crippen molar-refractivity contribution < 1.29 is 24.4 Å². The molecule has 0 radical (unpaired) electrons. The van der Waals surface area contributed by atoms with E-state index < -0.39 is 22.7 Å². The SMILES string of the molecule is Cc1nnc(N2C(=O)C(=O)C(=C(O)c3ccc4c(c3)C[C@H](C)O4)[C@@H]2c2ccc([N+](=O)[O-])cc2)s1. The van der Waals surface area contributed by atoms with Crippen molar-refractivity contribution >= 4 is 39.6 Å². The fraction of sp³-hybridized carbons (Fsp3) is 0.217. The molecular formula is C23H18N4O6S. The molecule has 1 saturated heterocycles. The minimum atomic E-state index is -1.03. The molecule has 2 aromatic carbocycles. The number of aromatic nitrogens is 2. The van der Waals surface area contributed by atoms with Crippen LogP contribution in [0.25, 0.3) is 5.76 Å². The Morgan fingerprint density at radius 3 is 2.59 bits per heavy atom. The molecule has 34 heavy (non-hydrogen) atoms. The number of Topliss-reactive ketones (excluding diaryl/α,β-unsaturated/α-hetero) is 1. The molecule has 1 fully saturated rings. The average molecular weight is 478 g/mol. The maximum atomic E-state index is 13.2. The number of amides is 1. The number of ketones is 1. The van der Waals surface area contributed by atoms with Gasteiger partial charge < -0.3 is 9.84 Å². The number of aryl methyl sites for hydroxylation is 1. The van der Waals surface area contributed by atoms with E-state index in [2.05, 4.69) is 10.2 Å². The van der Waals surface area contributed by atoms with Crippen molar-refractivity contribution in [3.8, 4) is 5.75 Å². The number of carbonyl (C=O) groups excluding carboxylic acids is 2. The number of nitrogens with zero attached hydrogens (tertiary/aromatic N) is 4. The first kappa shape index (κ1) is 21.7. The molecule has 1 N–H and O–H groups in total. The molecule has 2 aliphatic heterocycles. The lowest BCUT2D eigenvalue weighted by molar-refractivity contribution is -0.384. The van der Waals surface area contributed by atoms with Crippen LogP contribution >= 0.6 is 11.3 Å². The first-order valence-corrected chi connectivity index (χ1v) is 11.2. The van der Waals surface area contributed by atoms with E-state index in [4.69, 9.17) is 4.74 Å². The second-order valence-corrected chi connectivity index (χ2v) is 9.24. The highest BCUT2D eigenvalue weighted by atomic mass is 32.1. The number of aliphatic hydroxyl groups excluding tert-OH is 1. The summed E-state index contributed by atoms with van der Waals surface area (Å²) in [5.74, 6) is -1.37. The highest BCUT2D eigenvalue weighted by Gasteiger charge is 2.48. The van der Waals surface area contributed by atoms with Crippen LogP contribution in [0.4, 0.5) is 10.8 Å². The minimum Gasteiger partial charge on any atom is -0.507 e. The molecular weight excluding hydrogens is 460 g/mol. The Morgan fingerprint density at radius 2 is 1.94 bits per heavy atom. The molecule has 0 spiro atoms. The predicted molar refractivity (Wildman–Crippen MR) is 123 cm³/mol. The highest BCUT2D eigenvalue weighted by Crippen LogP contribution is 2.43. The maximum absolute atomic E-state index is 13.2. The predicted octanol–water partition coefficient (Wildman–Crippen LogP) is 3.70. The quantitative estimate of drug-likeness (QED) is 0.197. The van der Waals surface area contributed by atoms with E-state index in [0.29, 0.717) is 28.3 Å². The number of benzene rings is 2. The third kappa shape index (κ3) is 3.50. The average Bonchev–Trinajstić information content (AvgIpc) is 3.48. The molecule has 3 heterocycles. The molecule has 0 bridgehead atoms. The van der Waals surface area contributed by atoms with Crippen LogP contribution in [0.1, 0.15) is 34.7 Å². The fourth-order valence-electron chi connectivity index (χ4n) is 4.23. The zero-order valence-corrected chi connectivity index (χ0v) is 18.9. The smallest absolute Gasteiger partial charge is 0.301 e. The number of fused-ring (bicyclic) bond motifs is 1. The van der Waals surface area contributed by atoms with Gasteiger partial charge in [0.15, 0.2) is 0 Å². The topological polar surface area (TPSA) is 136 Å². The lowest BCUT2D eigenvalue weighted by Gasteiger charge is -2.22. The van der Waals surface area contributed by atoms with E-state index in [1.54, 1.807) is 25.1 Å². The second-order valence-electron chi connectivity index (χ2n) is 8.08. The number of carbonyl (C=O) groups is 2. The standard InChI is InChI=1S/C23H18N4O6S/c1-11-9-15-10-14(5-8-17(15)33-11)20(28)18-19(13-3-6-16(7-4-13)27(31)32)26(22(30)21(18)29)23-25-24-12(2)34-23/h3-8,10-11,19,28H,9H2,1-2H3/t11-,19-/m0/s1. The van der Waals surface area contributed by atoms with Gasteiger partial charge in [0.2, 0.25) is 5.13 Å². The number of nitro groups is 1. The Morgan fingerprint density at radius 1 is 1.21 bits per heavy atom. The molecule has 1 aromatic heterocycles. The second kappa shape index (κ2) is 8.03. The van der Waals surface area contributed by atoms with Gasteiger partial charge in [0.1, 0.15) is 22.6 Å².